The fourth-order valence-corrected chi connectivity index (χ4v) is 0.938. The van der Waals surface area contributed by atoms with Gasteiger partial charge in [0.25, 0.3) is 0 Å². The van der Waals surface area contributed by atoms with Crippen molar-refractivity contribution in [3.63, 3.8) is 0 Å². The van der Waals surface area contributed by atoms with Crippen molar-refractivity contribution in [2.75, 3.05) is 7.11 Å². The lowest BCUT2D eigenvalue weighted by atomic mass is 10.3. The maximum atomic E-state index is 5.06. The van der Waals surface area contributed by atoms with E-state index in [1.165, 1.54) is 12.8 Å². The van der Waals surface area contributed by atoms with Crippen LogP contribution < -0.4 is 0 Å². The van der Waals surface area contributed by atoms with Gasteiger partial charge in [-0.25, -0.2) is 0 Å². The standard InChI is InChI=1S/C6H12O/c1-3-5-4-6(5)7-2/h5-6H,3-4H2,1-2H3/t5?,6-/m1/s1. The van der Waals surface area contributed by atoms with Gasteiger partial charge in [0.1, 0.15) is 0 Å². The van der Waals surface area contributed by atoms with Gasteiger partial charge in [-0.1, -0.05) is 13.3 Å². The van der Waals surface area contributed by atoms with Crippen molar-refractivity contribution in [1.82, 2.24) is 0 Å². The molecule has 0 aromatic carbocycles. The molecule has 1 aliphatic carbocycles. The van der Waals surface area contributed by atoms with Crippen LogP contribution in [0.15, 0.2) is 0 Å². The normalized spacial score (nSPS) is 38.6. The summed E-state index contributed by atoms with van der Waals surface area (Å²) in [4.78, 5) is 0. The van der Waals surface area contributed by atoms with E-state index in [4.69, 9.17) is 4.74 Å². The minimum Gasteiger partial charge on any atom is -0.381 e. The minimum absolute atomic E-state index is 0.616. The van der Waals surface area contributed by atoms with Gasteiger partial charge in [0.2, 0.25) is 0 Å². The summed E-state index contributed by atoms with van der Waals surface area (Å²) in [6.07, 6.45) is 3.20. The zero-order valence-electron chi connectivity index (χ0n) is 4.98. The van der Waals surface area contributed by atoms with Crippen LogP contribution in [0.25, 0.3) is 0 Å². The first-order valence-electron chi connectivity index (χ1n) is 2.91. The molecule has 0 aliphatic heterocycles. The van der Waals surface area contributed by atoms with Gasteiger partial charge < -0.3 is 4.74 Å². The number of rotatable bonds is 2. The molecule has 1 aliphatic rings. The van der Waals surface area contributed by atoms with E-state index in [1.807, 2.05) is 0 Å². The van der Waals surface area contributed by atoms with E-state index in [2.05, 4.69) is 6.92 Å². The second kappa shape index (κ2) is 1.83. The van der Waals surface area contributed by atoms with Crippen molar-refractivity contribution in [3.8, 4) is 0 Å². The van der Waals surface area contributed by atoms with Crippen LogP contribution in [0.5, 0.6) is 0 Å². The fourth-order valence-electron chi connectivity index (χ4n) is 0.938. The second-order valence-electron chi connectivity index (χ2n) is 2.18. The van der Waals surface area contributed by atoms with Crippen LogP contribution in [0.3, 0.4) is 0 Å². The van der Waals surface area contributed by atoms with E-state index >= 15 is 0 Å². The Balaban J connectivity index is 2.06. The van der Waals surface area contributed by atoms with Crippen molar-refractivity contribution in [2.45, 2.75) is 25.9 Å². The Morgan fingerprint density at radius 1 is 1.71 bits per heavy atom. The Labute approximate surface area is 44.7 Å². The molecule has 0 N–H and O–H groups in total. The monoisotopic (exact) mass is 100 g/mol. The molecule has 1 nitrogen and oxygen atoms in total. The van der Waals surface area contributed by atoms with Crippen LogP contribution in [-0.4, -0.2) is 13.2 Å². The van der Waals surface area contributed by atoms with E-state index in [9.17, 15) is 0 Å². The van der Waals surface area contributed by atoms with Gasteiger partial charge in [-0.15, -0.1) is 0 Å². The molecule has 1 saturated carbocycles. The van der Waals surface area contributed by atoms with Crippen LogP contribution in [-0.2, 0) is 4.74 Å². The van der Waals surface area contributed by atoms with Crippen molar-refractivity contribution >= 4 is 0 Å². The Morgan fingerprint density at radius 2 is 2.43 bits per heavy atom. The molecule has 0 saturated heterocycles. The van der Waals surface area contributed by atoms with Crippen LogP contribution in [0.2, 0.25) is 0 Å². The minimum atomic E-state index is 0.616. The summed E-state index contributed by atoms with van der Waals surface area (Å²) >= 11 is 0. The first kappa shape index (κ1) is 5.10. The van der Waals surface area contributed by atoms with Gasteiger partial charge in [-0.2, -0.15) is 0 Å². The molecule has 0 spiro atoms. The summed E-state index contributed by atoms with van der Waals surface area (Å²) < 4.78 is 5.06. The molecule has 42 valence electrons. The third kappa shape index (κ3) is 0.942. The zero-order chi connectivity index (χ0) is 5.28. The molecule has 0 amide bonds. The predicted molar refractivity (Wildman–Crippen MR) is 29.2 cm³/mol. The van der Waals surface area contributed by atoms with E-state index in [1.54, 1.807) is 7.11 Å². The predicted octanol–water partition coefficient (Wildman–Crippen LogP) is 1.43. The average molecular weight is 100 g/mol. The van der Waals surface area contributed by atoms with Gasteiger partial charge in [-0.05, 0) is 12.3 Å². The van der Waals surface area contributed by atoms with Crippen molar-refractivity contribution in [3.05, 3.63) is 0 Å². The number of methoxy groups -OCH3 is 1. The lowest BCUT2D eigenvalue weighted by Gasteiger charge is -1.88. The molecule has 1 unspecified atom stereocenters. The number of ether oxygens (including phenoxy) is 1. The lowest BCUT2D eigenvalue weighted by Crippen LogP contribution is -1.88. The molecule has 0 aromatic heterocycles. The Morgan fingerprint density at radius 3 is 2.57 bits per heavy atom. The quantitative estimate of drug-likeness (QED) is 0.510. The van der Waals surface area contributed by atoms with E-state index in [-0.39, 0.29) is 0 Å². The first-order valence-corrected chi connectivity index (χ1v) is 2.91. The molecule has 0 aromatic rings. The van der Waals surface area contributed by atoms with Crippen molar-refractivity contribution < 1.29 is 4.74 Å². The summed E-state index contributed by atoms with van der Waals surface area (Å²) in [5.74, 6) is 0.894. The highest BCUT2D eigenvalue weighted by Gasteiger charge is 2.34. The maximum absolute atomic E-state index is 5.06. The topological polar surface area (TPSA) is 9.23 Å². The van der Waals surface area contributed by atoms with Crippen molar-refractivity contribution in [1.29, 1.82) is 0 Å². The molecular formula is C6H12O. The summed E-state index contributed by atoms with van der Waals surface area (Å²) in [6, 6.07) is 0. The number of hydrogen-bond donors (Lipinski definition) is 0. The molecule has 0 bridgehead atoms. The third-order valence-electron chi connectivity index (χ3n) is 1.68. The maximum Gasteiger partial charge on any atom is 0.0603 e. The van der Waals surface area contributed by atoms with Crippen LogP contribution in [0.1, 0.15) is 19.8 Å². The van der Waals surface area contributed by atoms with Crippen LogP contribution in [0, 0.1) is 5.92 Å². The van der Waals surface area contributed by atoms with E-state index in [0.29, 0.717) is 6.10 Å². The molecule has 0 heterocycles. The van der Waals surface area contributed by atoms with Gasteiger partial charge in [-0.3, -0.25) is 0 Å². The highest BCUT2D eigenvalue weighted by molar-refractivity contribution is 4.85. The molecule has 1 fully saturated rings. The summed E-state index contributed by atoms with van der Waals surface area (Å²) in [5, 5.41) is 0. The van der Waals surface area contributed by atoms with Crippen LogP contribution >= 0.6 is 0 Å². The third-order valence-corrected chi connectivity index (χ3v) is 1.68. The Bertz CT molecular complexity index is 53.2. The molecule has 7 heavy (non-hydrogen) atoms. The molecule has 1 heteroatoms. The number of hydrogen-bond acceptors (Lipinski definition) is 1. The average Bonchev–Trinajstić information content (AvgIpc) is 2.43. The molecule has 2 atom stereocenters. The van der Waals surface area contributed by atoms with Gasteiger partial charge in [0, 0.05) is 7.11 Å². The molecule has 0 radical (unpaired) electrons. The Kier molecular flexibility index (Phi) is 1.33. The lowest BCUT2D eigenvalue weighted by molar-refractivity contribution is 0.168. The van der Waals surface area contributed by atoms with Crippen molar-refractivity contribution in [2.24, 2.45) is 5.92 Å². The smallest absolute Gasteiger partial charge is 0.0603 e. The van der Waals surface area contributed by atoms with Gasteiger partial charge >= 0.3 is 0 Å². The Hall–Kier alpha value is -0.0400. The SMILES string of the molecule is CCC1C[C@H]1OC. The second-order valence-corrected chi connectivity index (χ2v) is 2.18. The van der Waals surface area contributed by atoms with Gasteiger partial charge in [0.15, 0.2) is 0 Å². The first-order chi connectivity index (χ1) is 3.38. The largest absolute Gasteiger partial charge is 0.381 e. The summed E-state index contributed by atoms with van der Waals surface area (Å²) in [5.41, 5.74) is 0. The molecular weight excluding hydrogens is 88.1 g/mol. The zero-order valence-corrected chi connectivity index (χ0v) is 4.98. The van der Waals surface area contributed by atoms with Gasteiger partial charge in [0.05, 0.1) is 6.10 Å². The fraction of sp³-hybridized carbons (Fsp3) is 1.00. The van der Waals surface area contributed by atoms with E-state index < -0.39 is 0 Å². The highest BCUT2D eigenvalue weighted by atomic mass is 16.5. The molecule has 1 rings (SSSR count). The summed E-state index contributed by atoms with van der Waals surface area (Å²) in [6.45, 7) is 2.21. The summed E-state index contributed by atoms with van der Waals surface area (Å²) in [7, 11) is 1.79. The highest BCUT2D eigenvalue weighted by Crippen LogP contribution is 2.35. The van der Waals surface area contributed by atoms with E-state index in [0.717, 1.165) is 5.92 Å². The van der Waals surface area contributed by atoms with Crippen LogP contribution in [0.4, 0.5) is 0 Å².